The first-order valence-corrected chi connectivity index (χ1v) is 6.32. The summed E-state index contributed by atoms with van der Waals surface area (Å²) < 4.78 is 5.88. The molecule has 0 spiro atoms. The lowest BCUT2D eigenvalue weighted by Crippen LogP contribution is -2.44. The van der Waals surface area contributed by atoms with Gasteiger partial charge in [0.1, 0.15) is 0 Å². The van der Waals surface area contributed by atoms with E-state index >= 15 is 0 Å². The van der Waals surface area contributed by atoms with Crippen LogP contribution in [-0.2, 0) is 4.74 Å². The van der Waals surface area contributed by atoms with Crippen LogP contribution in [0.4, 0.5) is 0 Å². The van der Waals surface area contributed by atoms with Crippen molar-refractivity contribution in [3.63, 3.8) is 0 Å². The zero-order chi connectivity index (χ0) is 12.1. The first-order valence-electron chi connectivity index (χ1n) is 6.32. The van der Waals surface area contributed by atoms with Gasteiger partial charge in [-0.2, -0.15) is 0 Å². The molecule has 0 aromatic rings. The Morgan fingerprint density at radius 1 is 1.38 bits per heavy atom. The molecule has 16 heavy (non-hydrogen) atoms. The molecule has 0 unspecified atom stereocenters. The second kappa shape index (κ2) is 3.58. The molecular formula is C14H24O2. The van der Waals surface area contributed by atoms with Crippen molar-refractivity contribution in [3.05, 3.63) is 12.2 Å². The molecule has 2 rings (SSSR count). The maximum Gasteiger partial charge on any atom is 0.0987 e. The molecule has 1 aliphatic heterocycles. The Bertz CT molecular complexity index is 306. The van der Waals surface area contributed by atoms with E-state index in [2.05, 4.69) is 33.8 Å². The Balaban J connectivity index is 2.24. The highest BCUT2D eigenvalue weighted by Crippen LogP contribution is 2.60. The smallest absolute Gasteiger partial charge is 0.0987 e. The van der Waals surface area contributed by atoms with Crippen LogP contribution in [0.3, 0.4) is 0 Å². The van der Waals surface area contributed by atoms with Gasteiger partial charge in [0.15, 0.2) is 0 Å². The first kappa shape index (κ1) is 12.1. The van der Waals surface area contributed by atoms with Gasteiger partial charge < -0.3 is 9.84 Å². The number of aliphatic hydroxyl groups excluding tert-OH is 1. The van der Waals surface area contributed by atoms with E-state index in [1.807, 2.05) is 6.08 Å². The second-order valence-electron chi connectivity index (χ2n) is 6.35. The van der Waals surface area contributed by atoms with Gasteiger partial charge >= 0.3 is 0 Å². The van der Waals surface area contributed by atoms with Crippen LogP contribution in [-0.4, -0.2) is 22.9 Å². The van der Waals surface area contributed by atoms with Crippen molar-refractivity contribution in [1.82, 2.24) is 0 Å². The lowest BCUT2D eigenvalue weighted by atomic mass is 9.59. The molecule has 1 aliphatic carbocycles. The van der Waals surface area contributed by atoms with E-state index in [0.717, 1.165) is 0 Å². The van der Waals surface area contributed by atoms with Crippen molar-refractivity contribution in [2.24, 2.45) is 17.3 Å². The van der Waals surface area contributed by atoms with Crippen molar-refractivity contribution in [2.75, 3.05) is 0 Å². The predicted molar refractivity (Wildman–Crippen MR) is 65.2 cm³/mol. The van der Waals surface area contributed by atoms with Gasteiger partial charge in [-0.05, 0) is 31.6 Å². The third-order valence-corrected chi connectivity index (χ3v) is 4.82. The second-order valence-corrected chi connectivity index (χ2v) is 6.35. The van der Waals surface area contributed by atoms with E-state index < -0.39 is 0 Å². The number of rotatable bonds is 2. The van der Waals surface area contributed by atoms with Gasteiger partial charge in [-0.3, -0.25) is 0 Å². The van der Waals surface area contributed by atoms with Crippen LogP contribution in [0.2, 0.25) is 0 Å². The molecule has 1 saturated carbocycles. The van der Waals surface area contributed by atoms with Gasteiger partial charge in [0.05, 0.1) is 17.8 Å². The normalized spacial score (nSPS) is 47.8. The first-order chi connectivity index (χ1) is 7.28. The molecule has 92 valence electrons. The molecule has 2 nitrogen and oxygen atoms in total. The molecule has 0 aromatic carbocycles. The summed E-state index contributed by atoms with van der Waals surface area (Å²) in [6.07, 6.45) is 5.30. The molecule has 0 radical (unpaired) electrons. The molecule has 0 amide bonds. The van der Waals surface area contributed by atoms with Crippen molar-refractivity contribution in [1.29, 1.82) is 0 Å². The summed E-state index contributed by atoms with van der Waals surface area (Å²) in [5.41, 5.74) is 0.258. The number of ether oxygens (including phenoxy) is 1. The minimum Gasteiger partial charge on any atom is -0.389 e. The Kier molecular flexibility index (Phi) is 2.71. The summed E-state index contributed by atoms with van der Waals surface area (Å²) in [6.45, 7) is 11.0. The largest absolute Gasteiger partial charge is 0.389 e. The van der Waals surface area contributed by atoms with E-state index in [0.29, 0.717) is 17.9 Å². The van der Waals surface area contributed by atoms with Gasteiger partial charge in [-0.1, -0.05) is 32.9 Å². The number of fused-ring (bicyclic) bond motifs is 1. The fraction of sp³-hybridized carbons (Fsp3) is 0.857. The fourth-order valence-electron chi connectivity index (χ4n) is 3.21. The maximum atomic E-state index is 9.38. The molecule has 5 atom stereocenters. The van der Waals surface area contributed by atoms with Crippen molar-refractivity contribution in [3.8, 4) is 0 Å². The lowest BCUT2D eigenvalue weighted by molar-refractivity contribution is 0.0813. The van der Waals surface area contributed by atoms with Gasteiger partial charge in [0.25, 0.3) is 0 Å². The molecule has 1 heterocycles. The average Bonchev–Trinajstić information content (AvgIpc) is 2.75. The van der Waals surface area contributed by atoms with Crippen molar-refractivity contribution in [2.45, 2.75) is 58.8 Å². The summed E-state index contributed by atoms with van der Waals surface area (Å²) in [4.78, 5) is 0. The minimum absolute atomic E-state index is 0.0153. The third kappa shape index (κ3) is 1.72. The van der Waals surface area contributed by atoms with Gasteiger partial charge in [0.2, 0.25) is 0 Å². The SMILES string of the molecule is C[C@@H]1C[C@H]2O[C@@]2(C)[C@H](C=C[C@@H](C)O)C1(C)C. The standard InChI is InChI=1S/C14H24O2/c1-9-8-12-14(5,16-12)11(13(9,3)4)7-6-10(2)15/h6-7,9-12,15H,8H2,1-5H3/t9-,10-,11-,12-,14+/m1/s1. The third-order valence-electron chi connectivity index (χ3n) is 4.82. The van der Waals surface area contributed by atoms with Crippen LogP contribution in [0.25, 0.3) is 0 Å². The molecule has 2 aliphatic rings. The van der Waals surface area contributed by atoms with Crippen LogP contribution in [0, 0.1) is 17.3 Å². The number of hydrogen-bond acceptors (Lipinski definition) is 2. The van der Waals surface area contributed by atoms with E-state index in [1.165, 1.54) is 6.42 Å². The Morgan fingerprint density at radius 3 is 2.56 bits per heavy atom. The van der Waals surface area contributed by atoms with Gasteiger partial charge in [-0.15, -0.1) is 0 Å². The fourth-order valence-corrected chi connectivity index (χ4v) is 3.21. The van der Waals surface area contributed by atoms with Gasteiger partial charge in [-0.25, -0.2) is 0 Å². The Morgan fingerprint density at radius 2 is 2.00 bits per heavy atom. The highest BCUT2D eigenvalue weighted by Gasteiger charge is 2.65. The highest BCUT2D eigenvalue weighted by atomic mass is 16.6. The zero-order valence-corrected chi connectivity index (χ0v) is 11.0. The van der Waals surface area contributed by atoms with Crippen molar-refractivity contribution < 1.29 is 9.84 Å². The van der Waals surface area contributed by atoms with Crippen LogP contribution < -0.4 is 0 Å². The summed E-state index contributed by atoms with van der Waals surface area (Å²) >= 11 is 0. The lowest BCUT2D eigenvalue weighted by Gasteiger charge is -2.43. The molecule has 2 heteroatoms. The molecule has 0 bridgehead atoms. The number of epoxide rings is 1. The minimum atomic E-state index is -0.367. The van der Waals surface area contributed by atoms with Gasteiger partial charge in [0, 0.05) is 5.92 Å². The van der Waals surface area contributed by atoms with E-state index in [4.69, 9.17) is 4.74 Å². The number of hydrogen-bond donors (Lipinski definition) is 1. The molecular weight excluding hydrogens is 200 g/mol. The quantitative estimate of drug-likeness (QED) is 0.578. The number of aliphatic hydroxyl groups is 1. The van der Waals surface area contributed by atoms with E-state index in [1.54, 1.807) is 6.92 Å². The summed E-state index contributed by atoms with van der Waals surface area (Å²) in [6, 6.07) is 0. The summed E-state index contributed by atoms with van der Waals surface area (Å²) in [5, 5.41) is 9.38. The summed E-state index contributed by atoms with van der Waals surface area (Å²) in [5.74, 6) is 1.07. The van der Waals surface area contributed by atoms with E-state index in [-0.39, 0.29) is 17.1 Å². The average molecular weight is 224 g/mol. The van der Waals surface area contributed by atoms with Crippen LogP contribution in [0.5, 0.6) is 0 Å². The monoisotopic (exact) mass is 224 g/mol. The molecule has 0 aromatic heterocycles. The Labute approximate surface area is 98.7 Å². The van der Waals surface area contributed by atoms with Crippen LogP contribution in [0.15, 0.2) is 12.2 Å². The molecule has 2 fully saturated rings. The summed E-state index contributed by atoms with van der Waals surface area (Å²) in [7, 11) is 0. The van der Waals surface area contributed by atoms with Crippen molar-refractivity contribution >= 4 is 0 Å². The molecule has 1 saturated heterocycles. The Hall–Kier alpha value is -0.340. The highest BCUT2D eigenvalue weighted by molar-refractivity contribution is 5.19. The predicted octanol–water partition coefficient (Wildman–Crippen LogP) is 2.76. The topological polar surface area (TPSA) is 32.8 Å². The molecule has 1 N–H and O–H groups in total. The van der Waals surface area contributed by atoms with Crippen LogP contribution in [0.1, 0.15) is 41.0 Å². The van der Waals surface area contributed by atoms with Crippen LogP contribution >= 0.6 is 0 Å². The maximum absolute atomic E-state index is 9.38. The zero-order valence-electron chi connectivity index (χ0n) is 11.0. The van der Waals surface area contributed by atoms with E-state index in [9.17, 15) is 5.11 Å².